The van der Waals surface area contributed by atoms with Gasteiger partial charge in [0.25, 0.3) is 5.56 Å². The number of pyridine rings is 2. The van der Waals surface area contributed by atoms with Crippen molar-refractivity contribution in [3.8, 4) is 0 Å². The SMILES string of the molecule is O=C(O)c1cc(C(=O)O)c2ccccn2c1=O. The Labute approximate surface area is 94.4 Å². The van der Waals surface area contributed by atoms with Crippen LogP contribution in [0.5, 0.6) is 0 Å². The van der Waals surface area contributed by atoms with Crippen LogP contribution in [-0.4, -0.2) is 26.6 Å². The number of hydrogen-bond acceptors (Lipinski definition) is 3. The number of aromatic nitrogens is 1. The molecular formula is C11H7NO5. The lowest BCUT2D eigenvalue weighted by Crippen LogP contribution is -2.23. The topological polar surface area (TPSA) is 96.1 Å². The van der Waals surface area contributed by atoms with Gasteiger partial charge in [-0.15, -0.1) is 0 Å². The Bertz CT molecular complexity index is 686. The second kappa shape index (κ2) is 3.75. The minimum atomic E-state index is -1.45. The van der Waals surface area contributed by atoms with Crippen molar-refractivity contribution in [3.05, 3.63) is 51.9 Å². The summed E-state index contributed by atoms with van der Waals surface area (Å²) in [6.45, 7) is 0. The van der Waals surface area contributed by atoms with Gasteiger partial charge >= 0.3 is 11.9 Å². The van der Waals surface area contributed by atoms with Gasteiger partial charge in [-0.25, -0.2) is 9.59 Å². The molecule has 0 atom stereocenters. The average molecular weight is 233 g/mol. The Kier molecular flexibility index (Phi) is 2.40. The van der Waals surface area contributed by atoms with Gasteiger partial charge < -0.3 is 10.2 Å². The highest BCUT2D eigenvalue weighted by Crippen LogP contribution is 2.10. The highest BCUT2D eigenvalue weighted by molar-refractivity contribution is 5.98. The van der Waals surface area contributed by atoms with E-state index in [1.165, 1.54) is 18.3 Å². The molecule has 0 radical (unpaired) electrons. The van der Waals surface area contributed by atoms with Crippen molar-refractivity contribution >= 4 is 17.5 Å². The normalized spacial score (nSPS) is 10.4. The molecule has 0 aromatic carbocycles. The van der Waals surface area contributed by atoms with Crippen molar-refractivity contribution in [1.29, 1.82) is 0 Å². The van der Waals surface area contributed by atoms with Crippen LogP contribution in [0.25, 0.3) is 5.52 Å². The molecule has 0 spiro atoms. The van der Waals surface area contributed by atoms with E-state index in [2.05, 4.69) is 0 Å². The summed E-state index contributed by atoms with van der Waals surface area (Å²) in [4.78, 5) is 33.6. The molecular weight excluding hydrogens is 226 g/mol. The quantitative estimate of drug-likeness (QED) is 0.795. The average Bonchev–Trinajstić information content (AvgIpc) is 2.29. The second-order valence-corrected chi connectivity index (χ2v) is 3.34. The van der Waals surface area contributed by atoms with Crippen molar-refractivity contribution in [2.75, 3.05) is 0 Å². The molecule has 0 aliphatic rings. The summed E-state index contributed by atoms with van der Waals surface area (Å²) < 4.78 is 1.01. The van der Waals surface area contributed by atoms with Gasteiger partial charge in [0.2, 0.25) is 0 Å². The van der Waals surface area contributed by atoms with E-state index >= 15 is 0 Å². The largest absolute Gasteiger partial charge is 0.478 e. The van der Waals surface area contributed by atoms with E-state index in [1.807, 2.05) is 0 Å². The van der Waals surface area contributed by atoms with E-state index in [1.54, 1.807) is 6.07 Å². The molecule has 2 N–H and O–H groups in total. The number of nitrogens with zero attached hydrogens (tertiary/aromatic N) is 1. The summed E-state index contributed by atoms with van der Waals surface area (Å²) >= 11 is 0. The molecule has 0 aliphatic carbocycles. The molecule has 0 aliphatic heterocycles. The lowest BCUT2D eigenvalue weighted by atomic mass is 10.1. The number of carboxylic acids is 2. The summed E-state index contributed by atoms with van der Waals surface area (Å²) in [6, 6.07) is 5.41. The van der Waals surface area contributed by atoms with E-state index in [9.17, 15) is 14.4 Å². The number of fused-ring (bicyclic) bond motifs is 1. The summed E-state index contributed by atoms with van der Waals surface area (Å²) in [6.07, 6.45) is 1.33. The van der Waals surface area contributed by atoms with E-state index < -0.39 is 23.1 Å². The molecule has 2 aromatic rings. The van der Waals surface area contributed by atoms with Gasteiger partial charge in [0.15, 0.2) is 0 Å². The molecule has 0 unspecified atom stereocenters. The second-order valence-electron chi connectivity index (χ2n) is 3.34. The number of carbonyl (C=O) groups is 2. The summed E-state index contributed by atoms with van der Waals surface area (Å²) in [5.41, 5.74) is -1.37. The van der Waals surface area contributed by atoms with E-state index in [4.69, 9.17) is 10.2 Å². The van der Waals surface area contributed by atoms with Gasteiger partial charge in [-0.3, -0.25) is 9.20 Å². The predicted octanol–water partition coefficient (Wildman–Crippen LogP) is 0.696. The zero-order valence-corrected chi connectivity index (χ0v) is 8.45. The van der Waals surface area contributed by atoms with Crippen LogP contribution in [0.1, 0.15) is 20.7 Å². The van der Waals surface area contributed by atoms with Crippen molar-refractivity contribution in [3.63, 3.8) is 0 Å². The zero-order valence-electron chi connectivity index (χ0n) is 8.45. The van der Waals surface area contributed by atoms with Crippen molar-refractivity contribution < 1.29 is 19.8 Å². The molecule has 0 fully saturated rings. The standard InChI is InChI=1S/C11H7NO5/c13-9-7(11(16)17)5-6(10(14)15)8-3-1-2-4-12(8)9/h1-5H,(H,14,15)(H,16,17). The highest BCUT2D eigenvalue weighted by Gasteiger charge is 2.17. The van der Waals surface area contributed by atoms with Crippen LogP contribution < -0.4 is 5.56 Å². The fourth-order valence-electron chi connectivity index (χ4n) is 1.57. The lowest BCUT2D eigenvalue weighted by Gasteiger charge is -2.05. The third-order valence-electron chi connectivity index (χ3n) is 2.33. The first-order valence-corrected chi connectivity index (χ1v) is 4.63. The van der Waals surface area contributed by atoms with Crippen LogP contribution in [0.2, 0.25) is 0 Å². The van der Waals surface area contributed by atoms with Crippen LogP contribution >= 0.6 is 0 Å². The van der Waals surface area contributed by atoms with Gasteiger partial charge in [0, 0.05) is 6.20 Å². The van der Waals surface area contributed by atoms with Crippen LogP contribution in [0.4, 0.5) is 0 Å². The zero-order chi connectivity index (χ0) is 12.6. The molecule has 2 rings (SSSR count). The molecule has 2 heterocycles. The fourth-order valence-corrected chi connectivity index (χ4v) is 1.57. The predicted molar refractivity (Wildman–Crippen MR) is 57.6 cm³/mol. The summed E-state index contributed by atoms with van der Waals surface area (Å²) in [7, 11) is 0. The van der Waals surface area contributed by atoms with Gasteiger partial charge in [-0.1, -0.05) is 6.07 Å². The maximum Gasteiger partial charge on any atom is 0.341 e. The number of aromatic carboxylic acids is 2. The Morgan fingerprint density at radius 2 is 1.71 bits per heavy atom. The first-order chi connectivity index (χ1) is 8.02. The van der Waals surface area contributed by atoms with Crippen LogP contribution in [-0.2, 0) is 0 Å². The third-order valence-corrected chi connectivity index (χ3v) is 2.33. The molecule has 0 bridgehead atoms. The number of hydrogen-bond donors (Lipinski definition) is 2. The third kappa shape index (κ3) is 1.65. The lowest BCUT2D eigenvalue weighted by molar-refractivity contribution is 0.0694. The van der Waals surface area contributed by atoms with E-state index in [0.717, 1.165) is 10.5 Å². The van der Waals surface area contributed by atoms with Crippen molar-refractivity contribution in [1.82, 2.24) is 4.40 Å². The smallest absolute Gasteiger partial charge is 0.341 e. The minimum absolute atomic E-state index is 0.162. The molecule has 86 valence electrons. The molecule has 0 saturated heterocycles. The highest BCUT2D eigenvalue weighted by atomic mass is 16.4. The first-order valence-electron chi connectivity index (χ1n) is 4.63. The van der Waals surface area contributed by atoms with Crippen LogP contribution in [0.15, 0.2) is 35.3 Å². The van der Waals surface area contributed by atoms with Crippen LogP contribution in [0.3, 0.4) is 0 Å². The number of carboxylic acid groups (broad SMARTS) is 2. The van der Waals surface area contributed by atoms with Crippen molar-refractivity contribution in [2.24, 2.45) is 0 Å². The number of rotatable bonds is 2. The Hall–Kier alpha value is -2.63. The molecule has 17 heavy (non-hydrogen) atoms. The fraction of sp³-hybridized carbons (Fsp3) is 0. The van der Waals surface area contributed by atoms with Gasteiger partial charge in [0.1, 0.15) is 5.56 Å². The molecule has 6 heteroatoms. The van der Waals surface area contributed by atoms with Gasteiger partial charge in [-0.2, -0.15) is 0 Å². The maximum atomic E-state index is 11.7. The maximum absolute atomic E-state index is 11.7. The molecule has 0 amide bonds. The Morgan fingerprint density at radius 1 is 1.06 bits per heavy atom. The van der Waals surface area contributed by atoms with Crippen molar-refractivity contribution in [2.45, 2.75) is 0 Å². The Balaban J connectivity index is 3.00. The monoisotopic (exact) mass is 233 g/mol. The molecule has 2 aromatic heterocycles. The van der Waals surface area contributed by atoms with Gasteiger partial charge in [0.05, 0.1) is 11.1 Å². The Morgan fingerprint density at radius 3 is 2.29 bits per heavy atom. The molecule has 6 nitrogen and oxygen atoms in total. The van der Waals surface area contributed by atoms with Gasteiger partial charge in [-0.05, 0) is 18.2 Å². The van der Waals surface area contributed by atoms with E-state index in [-0.39, 0.29) is 11.1 Å². The van der Waals surface area contributed by atoms with E-state index in [0.29, 0.717) is 0 Å². The molecule has 0 saturated carbocycles. The van der Waals surface area contributed by atoms with Crippen LogP contribution in [0, 0.1) is 0 Å². The minimum Gasteiger partial charge on any atom is -0.478 e. The first kappa shape index (κ1) is 10.9. The summed E-state index contributed by atoms with van der Waals surface area (Å²) in [5, 5.41) is 17.8. The summed E-state index contributed by atoms with van der Waals surface area (Å²) in [5.74, 6) is -2.73.